The highest BCUT2D eigenvalue weighted by molar-refractivity contribution is 6.46. The molecule has 0 bridgehead atoms. The summed E-state index contributed by atoms with van der Waals surface area (Å²) >= 11 is 0. The number of nitrogens with zero attached hydrogens (tertiary/aromatic N) is 1. The lowest BCUT2D eigenvalue weighted by atomic mass is 10.0. The van der Waals surface area contributed by atoms with Gasteiger partial charge in [-0.1, -0.05) is 35.9 Å². The molecule has 5 nitrogen and oxygen atoms in total. The second kappa shape index (κ2) is 8.07. The molecule has 1 N–H and O–H groups in total. The lowest BCUT2D eigenvalue weighted by molar-refractivity contribution is -0.120. The van der Waals surface area contributed by atoms with Crippen molar-refractivity contribution in [2.45, 2.75) is 13.8 Å². The number of carbonyl (C=O) groups excluding carboxylic acids is 2. The van der Waals surface area contributed by atoms with Crippen molar-refractivity contribution in [1.29, 1.82) is 0 Å². The van der Waals surface area contributed by atoms with Gasteiger partial charge in [0.15, 0.2) is 0 Å². The van der Waals surface area contributed by atoms with Crippen LogP contribution in [0.4, 0.5) is 15.8 Å². The summed E-state index contributed by atoms with van der Waals surface area (Å²) in [6, 6.07) is 18.1. The van der Waals surface area contributed by atoms with Gasteiger partial charge in [-0.25, -0.2) is 9.29 Å². The van der Waals surface area contributed by atoms with Crippen molar-refractivity contribution in [2.24, 2.45) is 0 Å². The summed E-state index contributed by atoms with van der Waals surface area (Å²) in [5.41, 5.74) is 3.84. The molecule has 0 saturated carbocycles. The van der Waals surface area contributed by atoms with Gasteiger partial charge in [-0.2, -0.15) is 0 Å². The van der Waals surface area contributed by atoms with Crippen LogP contribution in [-0.4, -0.2) is 18.9 Å². The summed E-state index contributed by atoms with van der Waals surface area (Å²) in [6.45, 7) is 3.91. The third-order valence-electron chi connectivity index (χ3n) is 5.17. The molecule has 0 saturated heterocycles. The van der Waals surface area contributed by atoms with Gasteiger partial charge in [0.1, 0.15) is 17.3 Å². The van der Waals surface area contributed by atoms with Crippen LogP contribution in [0.15, 0.2) is 72.4 Å². The summed E-state index contributed by atoms with van der Waals surface area (Å²) < 4.78 is 19.0. The smallest absolute Gasteiger partial charge is 0.282 e. The summed E-state index contributed by atoms with van der Waals surface area (Å²) in [5, 5.41) is 3.15. The second-order valence-corrected chi connectivity index (χ2v) is 7.35. The number of nitrogens with one attached hydrogen (secondary N) is 1. The number of benzene rings is 3. The summed E-state index contributed by atoms with van der Waals surface area (Å²) in [7, 11) is 1.55. The Hall–Kier alpha value is -3.93. The van der Waals surface area contributed by atoms with Crippen molar-refractivity contribution < 1.29 is 18.7 Å². The molecular formula is C25H21FN2O3. The predicted molar refractivity (Wildman–Crippen MR) is 118 cm³/mol. The Balaban J connectivity index is 1.83. The number of rotatable bonds is 5. The maximum atomic E-state index is 13.8. The molecule has 3 aromatic carbocycles. The van der Waals surface area contributed by atoms with Crippen molar-refractivity contribution in [1.82, 2.24) is 0 Å². The number of amides is 2. The minimum Gasteiger partial charge on any atom is -0.497 e. The number of methoxy groups -OCH3 is 1. The van der Waals surface area contributed by atoms with Crippen LogP contribution >= 0.6 is 0 Å². The van der Waals surface area contributed by atoms with Gasteiger partial charge in [0.05, 0.1) is 18.4 Å². The highest BCUT2D eigenvalue weighted by atomic mass is 19.1. The number of hydrogen-bond donors (Lipinski definition) is 1. The van der Waals surface area contributed by atoms with E-state index >= 15 is 0 Å². The third-order valence-corrected chi connectivity index (χ3v) is 5.17. The van der Waals surface area contributed by atoms with Crippen LogP contribution in [0.1, 0.15) is 16.7 Å². The molecule has 2 amide bonds. The topological polar surface area (TPSA) is 58.6 Å². The summed E-state index contributed by atoms with van der Waals surface area (Å²) in [4.78, 5) is 27.7. The highest BCUT2D eigenvalue weighted by Crippen LogP contribution is 2.35. The third kappa shape index (κ3) is 3.80. The maximum Gasteiger partial charge on any atom is 0.282 e. The Morgan fingerprint density at radius 3 is 2.29 bits per heavy atom. The van der Waals surface area contributed by atoms with E-state index in [1.807, 2.05) is 32.0 Å². The monoisotopic (exact) mass is 416 g/mol. The summed E-state index contributed by atoms with van der Waals surface area (Å²) in [6.07, 6.45) is 0. The normalized spacial score (nSPS) is 13.7. The standard InChI is InChI=1S/C25H21FN2O3/c1-15-7-12-21(16(2)13-15)27-23-22(17-8-10-20(31-3)11-9-17)24(29)28(25(23)30)19-6-4-5-18(26)14-19/h4-14,27H,1-3H3. The van der Waals surface area contributed by atoms with Crippen LogP contribution in [-0.2, 0) is 9.59 Å². The van der Waals surface area contributed by atoms with E-state index in [4.69, 9.17) is 4.74 Å². The van der Waals surface area contributed by atoms with Gasteiger partial charge in [0, 0.05) is 5.69 Å². The Morgan fingerprint density at radius 1 is 0.903 bits per heavy atom. The molecule has 1 aliphatic heterocycles. The molecule has 156 valence electrons. The lowest BCUT2D eigenvalue weighted by Crippen LogP contribution is -2.32. The van der Waals surface area contributed by atoms with Crippen molar-refractivity contribution in [3.8, 4) is 5.75 Å². The maximum absolute atomic E-state index is 13.8. The molecule has 1 aliphatic rings. The van der Waals surface area contributed by atoms with Crippen molar-refractivity contribution in [3.05, 3.63) is 94.9 Å². The van der Waals surface area contributed by atoms with Gasteiger partial charge >= 0.3 is 0 Å². The number of anilines is 2. The molecular weight excluding hydrogens is 395 g/mol. The average Bonchev–Trinajstić information content (AvgIpc) is 2.99. The van der Waals surface area contributed by atoms with Gasteiger partial charge in [0.2, 0.25) is 0 Å². The van der Waals surface area contributed by atoms with Crippen LogP contribution in [0.2, 0.25) is 0 Å². The first-order valence-corrected chi connectivity index (χ1v) is 9.76. The van der Waals surface area contributed by atoms with E-state index in [0.717, 1.165) is 16.0 Å². The average molecular weight is 416 g/mol. The molecule has 0 fully saturated rings. The van der Waals surface area contributed by atoms with E-state index < -0.39 is 17.6 Å². The lowest BCUT2D eigenvalue weighted by Gasteiger charge is -2.16. The van der Waals surface area contributed by atoms with Gasteiger partial charge < -0.3 is 10.1 Å². The molecule has 0 radical (unpaired) electrons. The summed E-state index contributed by atoms with van der Waals surface area (Å²) in [5.74, 6) is -0.957. The highest BCUT2D eigenvalue weighted by Gasteiger charge is 2.40. The first-order valence-electron chi connectivity index (χ1n) is 9.76. The zero-order valence-electron chi connectivity index (χ0n) is 17.4. The fourth-order valence-electron chi connectivity index (χ4n) is 3.61. The second-order valence-electron chi connectivity index (χ2n) is 7.35. The minimum absolute atomic E-state index is 0.145. The van der Waals surface area contributed by atoms with Crippen molar-refractivity contribution in [3.63, 3.8) is 0 Å². The Bertz CT molecular complexity index is 1220. The number of aryl methyl sites for hydroxylation is 2. The molecule has 0 unspecified atom stereocenters. The van der Waals surface area contributed by atoms with Gasteiger partial charge in [-0.3, -0.25) is 9.59 Å². The number of hydrogen-bond acceptors (Lipinski definition) is 4. The van der Waals surface area contributed by atoms with Crippen molar-refractivity contribution in [2.75, 3.05) is 17.3 Å². The Kier molecular flexibility index (Phi) is 5.29. The molecule has 1 heterocycles. The number of carbonyl (C=O) groups is 2. The fourth-order valence-corrected chi connectivity index (χ4v) is 3.61. The van der Waals surface area contributed by atoms with Crippen molar-refractivity contribution >= 4 is 28.8 Å². The zero-order valence-corrected chi connectivity index (χ0v) is 17.4. The molecule has 0 aliphatic carbocycles. The Labute approximate surface area is 179 Å². The molecule has 31 heavy (non-hydrogen) atoms. The van der Waals surface area contributed by atoms with E-state index in [0.29, 0.717) is 17.0 Å². The van der Waals surface area contributed by atoms with Gasteiger partial charge in [0.25, 0.3) is 11.8 Å². The number of imide groups is 1. The zero-order chi connectivity index (χ0) is 22.1. The van der Waals surface area contributed by atoms with Gasteiger partial charge in [-0.15, -0.1) is 0 Å². The van der Waals surface area contributed by atoms with E-state index in [1.165, 1.54) is 24.3 Å². The van der Waals surface area contributed by atoms with E-state index in [2.05, 4.69) is 5.32 Å². The SMILES string of the molecule is COc1ccc(C2=C(Nc3ccc(C)cc3C)C(=O)N(c3cccc(F)c3)C2=O)cc1. The van der Waals surface area contributed by atoms with Crippen LogP contribution in [0.25, 0.3) is 5.57 Å². The van der Waals surface area contributed by atoms with E-state index in [1.54, 1.807) is 31.4 Å². The Morgan fingerprint density at radius 2 is 1.65 bits per heavy atom. The van der Waals surface area contributed by atoms with E-state index in [9.17, 15) is 14.0 Å². The first-order chi connectivity index (χ1) is 14.9. The van der Waals surface area contributed by atoms with Crippen LogP contribution in [0.5, 0.6) is 5.75 Å². The molecule has 0 aromatic heterocycles. The fraction of sp³-hybridized carbons (Fsp3) is 0.120. The largest absolute Gasteiger partial charge is 0.497 e. The predicted octanol–water partition coefficient (Wildman–Crippen LogP) is 4.85. The number of halogens is 1. The van der Waals surface area contributed by atoms with Crippen LogP contribution < -0.4 is 15.0 Å². The molecule has 0 atom stereocenters. The first kappa shape index (κ1) is 20.3. The molecule has 4 rings (SSSR count). The van der Waals surface area contributed by atoms with Crippen LogP contribution in [0, 0.1) is 19.7 Å². The quantitative estimate of drug-likeness (QED) is 0.604. The molecule has 3 aromatic rings. The minimum atomic E-state index is -0.540. The van der Waals surface area contributed by atoms with Gasteiger partial charge in [-0.05, 0) is 61.4 Å². The molecule has 6 heteroatoms. The molecule has 0 spiro atoms. The number of ether oxygens (including phenoxy) is 1. The van der Waals surface area contributed by atoms with Crippen LogP contribution in [0.3, 0.4) is 0 Å². The van der Waals surface area contributed by atoms with E-state index in [-0.39, 0.29) is 17.0 Å².